The fourth-order valence-electron chi connectivity index (χ4n) is 3.08. The quantitative estimate of drug-likeness (QED) is 0.529. The fraction of sp³-hybridized carbons (Fsp3) is 0.174. The van der Waals surface area contributed by atoms with Gasteiger partial charge < -0.3 is 19.5 Å². The summed E-state index contributed by atoms with van der Waals surface area (Å²) in [6.07, 6.45) is 0. The molecule has 0 radical (unpaired) electrons. The van der Waals surface area contributed by atoms with Crippen molar-refractivity contribution >= 4 is 27.3 Å². The van der Waals surface area contributed by atoms with Crippen molar-refractivity contribution in [2.24, 2.45) is 0 Å². The molecule has 0 fully saturated rings. The molecule has 1 N–H and O–H groups in total. The summed E-state index contributed by atoms with van der Waals surface area (Å²) >= 11 is 0. The zero-order valence-corrected chi connectivity index (χ0v) is 18.8. The minimum Gasteiger partial charge on any atom is -0.495 e. The van der Waals surface area contributed by atoms with E-state index >= 15 is 0 Å². The van der Waals surface area contributed by atoms with Gasteiger partial charge in [0, 0.05) is 6.07 Å². The lowest BCUT2D eigenvalue weighted by Gasteiger charge is -2.24. The highest BCUT2D eigenvalue weighted by atomic mass is 32.2. The Kier molecular flexibility index (Phi) is 7.21. The van der Waals surface area contributed by atoms with Crippen molar-refractivity contribution in [3.63, 3.8) is 0 Å². The van der Waals surface area contributed by atoms with Crippen molar-refractivity contribution in [3.05, 3.63) is 72.8 Å². The summed E-state index contributed by atoms with van der Waals surface area (Å²) in [6, 6.07) is 19.6. The molecule has 9 heteroatoms. The first-order valence-corrected chi connectivity index (χ1v) is 11.1. The van der Waals surface area contributed by atoms with E-state index in [2.05, 4.69) is 5.32 Å². The fourth-order valence-corrected chi connectivity index (χ4v) is 4.52. The number of carbonyl (C=O) groups excluding carboxylic acids is 1. The molecule has 0 saturated heterocycles. The standard InChI is InChI=1S/C23H24N2O6S/c1-29-20-12-8-7-11-19(20)24-23(26)16-25(17-9-5-4-6-10-17)32(27,28)18-13-14-21(30-2)22(15-18)31-3/h4-15H,16H2,1-3H3,(H,24,26). The topological polar surface area (TPSA) is 94.2 Å². The van der Waals surface area contributed by atoms with E-state index in [1.54, 1.807) is 54.6 Å². The molecule has 3 aromatic rings. The second kappa shape index (κ2) is 10.1. The van der Waals surface area contributed by atoms with Crippen LogP contribution in [0.2, 0.25) is 0 Å². The Morgan fingerprint density at radius 3 is 2.09 bits per heavy atom. The minimum atomic E-state index is -4.11. The first kappa shape index (κ1) is 23.0. The first-order valence-electron chi connectivity index (χ1n) is 9.63. The molecular weight excluding hydrogens is 432 g/mol. The summed E-state index contributed by atoms with van der Waals surface area (Å²) < 4.78 is 43.8. The lowest BCUT2D eigenvalue weighted by molar-refractivity contribution is -0.114. The van der Waals surface area contributed by atoms with Gasteiger partial charge in [0.25, 0.3) is 10.0 Å². The maximum absolute atomic E-state index is 13.5. The van der Waals surface area contributed by atoms with Gasteiger partial charge in [-0.3, -0.25) is 9.10 Å². The van der Waals surface area contributed by atoms with Gasteiger partial charge in [-0.05, 0) is 36.4 Å². The molecule has 0 aliphatic heterocycles. The minimum absolute atomic E-state index is 0.0379. The van der Waals surface area contributed by atoms with Gasteiger partial charge >= 0.3 is 0 Å². The van der Waals surface area contributed by atoms with Crippen molar-refractivity contribution < 1.29 is 27.4 Å². The van der Waals surface area contributed by atoms with Gasteiger partial charge in [0.1, 0.15) is 12.3 Å². The Balaban J connectivity index is 1.97. The summed E-state index contributed by atoms with van der Waals surface area (Å²) in [4.78, 5) is 12.8. The number of sulfonamides is 1. The highest BCUT2D eigenvalue weighted by Crippen LogP contribution is 2.32. The lowest BCUT2D eigenvalue weighted by Crippen LogP contribution is -2.38. The van der Waals surface area contributed by atoms with Crippen LogP contribution in [0.25, 0.3) is 0 Å². The van der Waals surface area contributed by atoms with E-state index in [9.17, 15) is 13.2 Å². The largest absolute Gasteiger partial charge is 0.495 e. The number of nitrogens with zero attached hydrogens (tertiary/aromatic N) is 1. The number of nitrogens with one attached hydrogen (secondary N) is 1. The molecule has 0 atom stereocenters. The highest BCUT2D eigenvalue weighted by molar-refractivity contribution is 7.92. The number of carbonyl (C=O) groups is 1. The number of hydrogen-bond donors (Lipinski definition) is 1. The third-order valence-corrected chi connectivity index (χ3v) is 6.43. The molecule has 0 aliphatic carbocycles. The Morgan fingerprint density at radius 2 is 1.44 bits per heavy atom. The number of rotatable bonds is 9. The van der Waals surface area contributed by atoms with Crippen LogP contribution in [-0.2, 0) is 14.8 Å². The van der Waals surface area contributed by atoms with Crippen molar-refractivity contribution in [1.29, 1.82) is 0 Å². The smallest absolute Gasteiger partial charge is 0.264 e. The average Bonchev–Trinajstić information content (AvgIpc) is 2.82. The molecule has 1 amide bonds. The number of benzene rings is 3. The number of amides is 1. The molecule has 0 aromatic heterocycles. The zero-order chi connectivity index (χ0) is 23.1. The van der Waals surface area contributed by atoms with E-state index in [1.807, 2.05) is 0 Å². The van der Waals surface area contributed by atoms with Gasteiger partial charge in [0.05, 0.1) is 37.6 Å². The maximum Gasteiger partial charge on any atom is 0.264 e. The van der Waals surface area contributed by atoms with Crippen LogP contribution in [0.15, 0.2) is 77.7 Å². The number of hydrogen-bond acceptors (Lipinski definition) is 6. The summed E-state index contributed by atoms with van der Waals surface area (Å²) in [5, 5.41) is 2.71. The van der Waals surface area contributed by atoms with Crippen LogP contribution >= 0.6 is 0 Å². The van der Waals surface area contributed by atoms with E-state index < -0.39 is 22.5 Å². The highest BCUT2D eigenvalue weighted by Gasteiger charge is 2.28. The second-order valence-electron chi connectivity index (χ2n) is 6.61. The monoisotopic (exact) mass is 456 g/mol. The van der Waals surface area contributed by atoms with E-state index in [0.29, 0.717) is 22.9 Å². The molecule has 0 heterocycles. The van der Waals surface area contributed by atoms with Gasteiger partial charge in [0.15, 0.2) is 11.5 Å². The molecule has 3 aromatic carbocycles. The van der Waals surface area contributed by atoms with Crippen LogP contribution in [0.4, 0.5) is 11.4 Å². The van der Waals surface area contributed by atoms with E-state index in [0.717, 1.165) is 4.31 Å². The molecule has 0 bridgehead atoms. The molecule has 3 rings (SSSR count). The molecular formula is C23H24N2O6S. The van der Waals surface area contributed by atoms with Crippen LogP contribution in [0.3, 0.4) is 0 Å². The van der Waals surface area contributed by atoms with Crippen molar-refractivity contribution in [2.45, 2.75) is 4.90 Å². The van der Waals surface area contributed by atoms with Crippen LogP contribution in [0.5, 0.6) is 17.2 Å². The lowest BCUT2D eigenvalue weighted by atomic mass is 10.3. The van der Waals surface area contributed by atoms with E-state index in [4.69, 9.17) is 14.2 Å². The SMILES string of the molecule is COc1ccccc1NC(=O)CN(c1ccccc1)S(=O)(=O)c1ccc(OC)c(OC)c1. The first-order chi connectivity index (χ1) is 15.4. The Labute approximate surface area is 187 Å². The number of para-hydroxylation sites is 3. The van der Waals surface area contributed by atoms with Gasteiger partial charge in [-0.2, -0.15) is 0 Å². The van der Waals surface area contributed by atoms with Crippen molar-refractivity contribution in [3.8, 4) is 17.2 Å². The van der Waals surface area contributed by atoms with Crippen LogP contribution < -0.4 is 23.8 Å². The number of methoxy groups -OCH3 is 3. The van der Waals surface area contributed by atoms with Crippen LogP contribution in [-0.4, -0.2) is 42.2 Å². The van der Waals surface area contributed by atoms with Crippen molar-refractivity contribution in [1.82, 2.24) is 0 Å². The van der Waals surface area contributed by atoms with Crippen LogP contribution in [0, 0.1) is 0 Å². The normalized spacial score (nSPS) is 10.8. The molecule has 0 saturated carbocycles. The summed E-state index contributed by atoms with van der Waals surface area (Å²) in [5.41, 5.74) is 0.786. The summed E-state index contributed by atoms with van der Waals surface area (Å²) in [5.74, 6) is 0.601. The summed E-state index contributed by atoms with van der Waals surface area (Å²) in [7, 11) is 0.263. The van der Waals surface area contributed by atoms with E-state index in [-0.39, 0.29) is 10.6 Å². The van der Waals surface area contributed by atoms with Gasteiger partial charge in [0.2, 0.25) is 5.91 Å². The van der Waals surface area contributed by atoms with Gasteiger partial charge in [-0.25, -0.2) is 8.42 Å². The molecule has 0 unspecified atom stereocenters. The molecule has 168 valence electrons. The molecule has 0 spiro atoms. The average molecular weight is 457 g/mol. The third-order valence-electron chi connectivity index (χ3n) is 4.66. The maximum atomic E-state index is 13.5. The molecule has 0 aliphatic rings. The predicted octanol–water partition coefficient (Wildman–Crippen LogP) is 3.55. The number of ether oxygens (including phenoxy) is 3. The molecule has 32 heavy (non-hydrogen) atoms. The zero-order valence-electron chi connectivity index (χ0n) is 17.9. The molecule has 8 nitrogen and oxygen atoms in total. The van der Waals surface area contributed by atoms with Gasteiger partial charge in [-0.15, -0.1) is 0 Å². The van der Waals surface area contributed by atoms with Crippen molar-refractivity contribution in [2.75, 3.05) is 37.5 Å². The second-order valence-corrected chi connectivity index (χ2v) is 8.47. The Morgan fingerprint density at radius 1 is 0.812 bits per heavy atom. The van der Waals surface area contributed by atoms with Crippen LogP contribution in [0.1, 0.15) is 0 Å². The Hall–Kier alpha value is -3.72. The third kappa shape index (κ3) is 4.94. The van der Waals surface area contributed by atoms with Gasteiger partial charge in [-0.1, -0.05) is 30.3 Å². The predicted molar refractivity (Wildman–Crippen MR) is 122 cm³/mol. The van der Waals surface area contributed by atoms with E-state index in [1.165, 1.54) is 39.5 Å². The Bertz CT molecular complexity index is 1180. The summed E-state index contributed by atoms with van der Waals surface area (Å²) in [6.45, 7) is -0.446. The number of anilines is 2.